The number of carbonyl (C=O) groups excluding carboxylic acids is 2. The Kier molecular flexibility index (Phi) is 9.12. The van der Waals surface area contributed by atoms with Crippen LogP contribution in [0.2, 0.25) is 0 Å². The first-order chi connectivity index (χ1) is 18.0. The van der Waals surface area contributed by atoms with E-state index in [-0.39, 0.29) is 5.91 Å². The van der Waals surface area contributed by atoms with E-state index in [4.69, 9.17) is 4.74 Å². The van der Waals surface area contributed by atoms with E-state index in [9.17, 15) is 9.59 Å². The number of unbranched alkanes of at least 4 members (excludes halogenated alkanes) is 1. The van der Waals surface area contributed by atoms with Crippen molar-refractivity contribution in [2.24, 2.45) is 7.05 Å². The van der Waals surface area contributed by atoms with Crippen molar-refractivity contribution in [2.75, 3.05) is 31.3 Å². The maximum absolute atomic E-state index is 12.4. The third kappa shape index (κ3) is 7.59. The van der Waals surface area contributed by atoms with Gasteiger partial charge in [-0.05, 0) is 52.3 Å². The molecule has 1 aromatic carbocycles. The standard InChI is InChI=1S/C27H36N8O3/c1-18(34(6)26(37)38-27(2,3)4)24(36)29-14-10-8-9-11-20-16-30-25(33-23(20)28-5)32-21-13-12-19-17-31-35(7)22(19)15-21/h12-13,15-18H,8,10,14H2,1-7H3,(H,29,36)(H2,28,30,32,33)/t18-/m0/s1. The van der Waals surface area contributed by atoms with Crippen LogP contribution in [0.15, 0.2) is 30.6 Å². The second-order valence-electron chi connectivity index (χ2n) is 9.84. The van der Waals surface area contributed by atoms with E-state index < -0.39 is 17.7 Å². The number of carbonyl (C=O) groups is 2. The number of hydrogen-bond acceptors (Lipinski definition) is 8. The van der Waals surface area contributed by atoms with Crippen molar-refractivity contribution < 1.29 is 14.3 Å². The van der Waals surface area contributed by atoms with Gasteiger partial charge < -0.3 is 20.7 Å². The highest BCUT2D eigenvalue weighted by Gasteiger charge is 2.26. The lowest BCUT2D eigenvalue weighted by molar-refractivity contribution is -0.125. The van der Waals surface area contributed by atoms with Crippen molar-refractivity contribution in [1.29, 1.82) is 0 Å². The Morgan fingerprint density at radius 1 is 1.24 bits per heavy atom. The van der Waals surface area contributed by atoms with Crippen molar-refractivity contribution in [3.05, 3.63) is 36.2 Å². The number of benzene rings is 1. The molecule has 0 saturated heterocycles. The summed E-state index contributed by atoms with van der Waals surface area (Å²) in [6, 6.07) is 5.29. The van der Waals surface area contributed by atoms with Crippen LogP contribution in [0.3, 0.4) is 0 Å². The van der Waals surface area contributed by atoms with E-state index >= 15 is 0 Å². The molecule has 1 atom stereocenters. The minimum Gasteiger partial charge on any atom is -0.444 e. The molecule has 3 rings (SSSR count). The fraction of sp³-hybridized carbons (Fsp3) is 0.444. The van der Waals surface area contributed by atoms with Gasteiger partial charge in [0, 0.05) is 45.2 Å². The molecule has 0 bridgehead atoms. The smallest absolute Gasteiger partial charge is 0.410 e. The minimum absolute atomic E-state index is 0.247. The van der Waals surface area contributed by atoms with Gasteiger partial charge in [0.15, 0.2) is 0 Å². The molecule has 2 aromatic heterocycles. The van der Waals surface area contributed by atoms with E-state index in [1.165, 1.54) is 4.90 Å². The van der Waals surface area contributed by atoms with Crippen LogP contribution >= 0.6 is 0 Å². The van der Waals surface area contributed by atoms with Gasteiger partial charge in [-0.15, -0.1) is 0 Å². The molecular weight excluding hydrogens is 484 g/mol. The molecule has 3 N–H and O–H groups in total. The van der Waals surface area contributed by atoms with Crippen LogP contribution in [0, 0.1) is 11.8 Å². The van der Waals surface area contributed by atoms with Gasteiger partial charge in [-0.25, -0.2) is 9.78 Å². The summed E-state index contributed by atoms with van der Waals surface area (Å²) in [6.07, 6.45) is 4.19. The number of rotatable bonds is 8. The number of likely N-dealkylation sites (N-methyl/N-ethyl adjacent to an activating group) is 1. The van der Waals surface area contributed by atoms with Crippen molar-refractivity contribution in [3.8, 4) is 11.8 Å². The number of hydrogen-bond donors (Lipinski definition) is 3. The summed E-state index contributed by atoms with van der Waals surface area (Å²) < 4.78 is 7.12. The van der Waals surface area contributed by atoms with Gasteiger partial charge in [0.25, 0.3) is 0 Å². The molecule has 3 aromatic rings. The summed E-state index contributed by atoms with van der Waals surface area (Å²) in [6.45, 7) is 7.45. The molecule has 0 aliphatic carbocycles. The Labute approximate surface area is 223 Å². The largest absolute Gasteiger partial charge is 0.444 e. The molecule has 2 heterocycles. The van der Waals surface area contributed by atoms with Crippen molar-refractivity contribution in [2.45, 2.75) is 52.2 Å². The monoisotopic (exact) mass is 520 g/mol. The molecule has 0 unspecified atom stereocenters. The number of nitrogens with one attached hydrogen (secondary N) is 3. The molecule has 0 saturated carbocycles. The number of amides is 2. The molecule has 0 aliphatic rings. The van der Waals surface area contributed by atoms with Crippen LogP contribution in [0.25, 0.3) is 10.9 Å². The third-order valence-electron chi connectivity index (χ3n) is 5.67. The summed E-state index contributed by atoms with van der Waals surface area (Å²) in [4.78, 5) is 34.8. The van der Waals surface area contributed by atoms with E-state index in [1.54, 1.807) is 48.0 Å². The predicted octanol–water partition coefficient (Wildman–Crippen LogP) is 3.65. The molecule has 11 nitrogen and oxygen atoms in total. The zero-order valence-electron chi connectivity index (χ0n) is 23.0. The lowest BCUT2D eigenvalue weighted by Crippen LogP contribution is -2.47. The highest BCUT2D eigenvalue weighted by molar-refractivity contribution is 5.85. The van der Waals surface area contributed by atoms with Crippen molar-refractivity contribution in [3.63, 3.8) is 0 Å². The van der Waals surface area contributed by atoms with E-state index in [0.29, 0.717) is 36.7 Å². The number of fused-ring (bicyclic) bond motifs is 1. The molecule has 0 radical (unpaired) electrons. The first-order valence-electron chi connectivity index (χ1n) is 12.4. The predicted molar refractivity (Wildman–Crippen MR) is 148 cm³/mol. The zero-order valence-corrected chi connectivity index (χ0v) is 23.0. The zero-order chi connectivity index (χ0) is 27.9. The first kappa shape index (κ1) is 28.2. The lowest BCUT2D eigenvalue weighted by Gasteiger charge is -2.28. The van der Waals surface area contributed by atoms with Gasteiger partial charge in [0.1, 0.15) is 17.5 Å². The minimum atomic E-state index is -0.649. The number of ether oxygens (including phenoxy) is 1. The summed E-state index contributed by atoms with van der Waals surface area (Å²) >= 11 is 0. The van der Waals surface area contributed by atoms with Crippen LogP contribution in [-0.4, -0.2) is 68.9 Å². The summed E-state index contributed by atoms with van der Waals surface area (Å²) in [5.41, 5.74) is 1.92. The summed E-state index contributed by atoms with van der Waals surface area (Å²) in [5, 5.41) is 14.4. The Balaban J connectivity index is 1.49. The van der Waals surface area contributed by atoms with Crippen molar-refractivity contribution in [1.82, 2.24) is 30.0 Å². The van der Waals surface area contributed by atoms with Crippen LogP contribution in [-0.2, 0) is 16.6 Å². The van der Waals surface area contributed by atoms with Crippen LogP contribution < -0.4 is 16.0 Å². The number of nitrogens with zero attached hydrogens (tertiary/aromatic N) is 5. The van der Waals surface area contributed by atoms with Gasteiger partial charge in [0.2, 0.25) is 11.9 Å². The molecule has 2 amide bonds. The molecule has 0 spiro atoms. The summed E-state index contributed by atoms with van der Waals surface area (Å²) in [5.74, 6) is 7.01. The fourth-order valence-electron chi connectivity index (χ4n) is 3.44. The van der Waals surface area contributed by atoms with Gasteiger partial charge >= 0.3 is 6.09 Å². The number of aryl methyl sites for hydroxylation is 1. The topological polar surface area (TPSA) is 126 Å². The van der Waals surface area contributed by atoms with Crippen LogP contribution in [0.4, 0.5) is 22.2 Å². The number of anilines is 3. The Bertz CT molecular complexity index is 1350. The van der Waals surface area contributed by atoms with E-state index in [2.05, 4.69) is 42.9 Å². The Hall–Kier alpha value is -4.33. The fourth-order valence-corrected chi connectivity index (χ4v) is 3.44. The third-order valence-corrected chi connectivity index (χ3v) is 5.67. The Morgan fingerprint density at radius 2 is 2.00 bits per heavy atom. The van der Waals surface area contributed by atoms with E-state index in [1.807, 2.05) is 36.1 Å². The maximum atomic E-state index is 12.4. The average Bonchev–Trinajstić information content (AvgIpc) is 3.24. The van der Waals surface area contributed by atoms with Gasteiger partial charge in [-0.1, -0.05) is 11.8 Å². The van der Waals surface area contributed by atoms with Gasteiger partial charge in [0.05, 0.1) is 23.5 Å². The SMILES string of the molecule is CNc1nc(Nc2ccc3cnn(C)c3c2)ncc1C#CCCCNC(=O)[C@H](C)N(C)C(=O)OC(C)(C)C. The maximum Gasteiger partial charge on any atom is 0.410 e. The van der Waals surface area contributed by atoms with E-state index in [0.717, 1.165) is 16.6 Å². The van der Waals surface area contributed by atoms with Crippen LogP contribution in [0.1, 0.15) is 46.1 Å². The normalized spacial score (nSPS) is 11.8. The molecule has 0 fully saturated rings. The highest BCUT2D eigenvalue weighted by Crippen LogP contribution is 2.21. The Morgan fingerprint density at radius 3 is 2.71 bits per heavy atom. The molecule has 202 valence electrons. The van der Waals surface area contributed by atoms with Gasteiger partial charge in [-0.2, -0.15) is 10.1 Å². The molecule has 38 heavy (non-hydrogen) atoms. The van der Waals surface area contributed by atoms with Crippen molar-refractivity contribution >= 4 is 40.4 Å². The summed E-state index contributed by atoms with van der Waals surface area (Å²) in [7, 11) is 5.23. The van der Waals surface area contributed by atoms with Crippen LogP contribution in [0.5, 0.6) is 0 Å². The lowest BCUT2D eigenvalue weighted by atomic mass is 10.2. The number of aromatic nitrogens is 4. The quantitative estimate of drug-likeness (QED) is 0.304. The second kappa shape index (κ2) is 12.3. The average molecular weight is 521 g/mol. The van der Waals surface area contributed by atoms with Gasteiger partial charge in [-0.3, -0.25) is 14.4 Å². The molecule has 11 heteroatoms. The second-order valence-corrected chi connectivity index (χ2v) is 9.84. The first-order valence-corrected chi connectivity index (χ1v) is 12.4. The molecule has 0 aliphatic heterocycles. The highest BCUT2D eigenvalue weighted by atomic mass is 16.6. The molecular formula is C27H36N8O3.